The number of ether oxygens (including phenoxy) is 3. The fourth-order valence-electron chi connectivity index (χ4n) is 6.52. The van der Waals surface area contributed by atoms with E-state index in [9.17, 15) is 4.79 Å². The summed E-state index contributed by atoms with van der Waals surface area (Å²) in [5.41, 5.74) is 1.92. The predicted octanol–water partition coefficient (Wildman–Crippen LogP) is 6.95. The summed E-state index contributed by atoms with van der Waals surface area (Å²) in [5.74, 6) is 2.54. The van der Waals surface area contributed by atoms with Crippen molar-refractivity contribution >= 4 is 40.6 Å². The lowest BCUT2D eigenvalue weighted by atomic mass is 9.70. The van der Waals surface area contributed by atoms with E-state index in [1.54, 1.807) is 14.2 Å². The number of hydrogen-bond acceptors (Lipinski definition) is 4. The van der Waals surface area contributed by atoms with Crippen LogP contribution >= 0.6 is 23.3 Å². The number of carbonyl (C=O) groups excluding carboxylic acids is 1. The topological polar surface area (TPSA) is 48.0 Å². The molecule has 2 aromatic rings. The van der Waals surface area contributed by atoms with Crippen LogP contribution in [0.3, 0.4) is 0 Å². The summed E-state index contributed by atoms with van der Waals surface area (Å²) < 4.78 is 16.9. The molecule has 1 amide bonds. The van der Waals surface area contributed by atoms with Crippen molar-refractivity contribution in [3.8, 4) is 11.5 Å². The Balaban J connectivity index is 1.67. The van der Waals surface area contributed by atoms with Crippen molar-refractivity contribution in [2.45, 2.75) is 45.0 Å². The highest BCUT2D eigenvalue weighted by Crippen LogP contribution is 2.76. The molecule has 0 saturated heterocycles. The molecule has 35 heavy (non-hydrogen) atoms. The zero-order valence-corrected chi connectivity index (χ0v) is 24.2. The highest BCUT2D eigenvalue weighted by atomic mass is 79.9. The Labute approximate surface area is 219 Å². The summed E-state index contributed by atoms with van der Waals surface area (Å²) >= 11 is 4.14. The summed E-state index contributed by atoms with van der Waals surface area (Å²) in [6.45, 7) is 7.16. The fraction of sp³-hybridized carbons (Fsp3) is 0.536. The first-order valence-electron chi connectivity index (χ1n) is 12.1. The van der Waals surface area contributed by atoms with E-state index in [0.29, 0.717) is 16.9 Å². The Hall–Kier alpha value is -1.70. The third-order valence-corrected chi connectivity index (χ3v) is 13.3. The molecule has 192 valence electrons. The lowest BCUT2D eigenvalue weighted by Gasteiger charge is -2.46. The van der Waals surface area contributed by atoms with E-state index in [0.717, 1.165) is 22.9 Å². The van der Waals surface area contributed by atoms with Crippen molar-refractivity contribution in [1.29, 1.82) is 0 Å². The first-order valence-corrected chi connectivity index (χ1v) is 16.2. The molecule has 7 heteroatoms. The van der Waals surface area contributed by atoms with Crippen LogP contribution in [0.4, 0.5) is 11.4 Å². The second-order valence-corrected chi connectivity index (χ2v) is 18.1. The maximum absolute atomic E-state index is 14.1. The first kappa shape index (κ1) is 26.4. The van der Waals surface area contributed by atoms with Crippen LogP contribution in [0.5, 0.6) is 11.5 Å². The number of carbonyl (C=O) groups is 1. The van der Waals surface area contributed by atoms with Gasteiger partial charge in [0.15, 0.2) is 0 Å². The van der Waals surface area contributed by atoms with Gasteiger partial charge in [0, 0.05) is 29.1 Å². The Kier molecular flexibility index (Phi) is 7.26. The molecule has 2 fully saturated rings. The SMILES string of the molecule is COc1ccc(N(C(=O)CS(C)(Br)[C@@H]2[C@H]3CC[C@@](C)([C@@H]2OC)C3(C)C)c2ccc(OC)cc2)cc1. The number of anilines is 2. The number of benzene rings is 2. The molecule has 2 saturated carbocycles. The van der Waals surface area contributed by atoms with Crippen LogP contribution in [-0.4, -0.2) is 50.6 Å². The van der Waals surface area contributed by atoms with Crippen molar-refractivity contribution in [2.75, 3.05) is 38.2 Å². The van der Waals surface area contributed by atoms with Crippen molar-refractivity contribution in [1.82, 2.24) is 0 Å². The van der Waals surface area contributed by atoms with Gasteiger partial charge < -0.3 is 14.2 Å². The minimum absolute atomic E-state index is 0.0651. The molecule has 0 aromatic heterocycles. The van der Waals surface area contributed by atoms with E-state index < -0.39 is 8.46 Å². The van der Waals surface area contributed by atoms with E-state index in [1.807, 2.05) is 60.5 Å². The Morgan fingerprint density at radius 2 is 1.46 bits per heavy atom. The van der Waals surface area contributed by atoms with E-state index in [2.05, 4.69) is 41.8 Å². The minimum atomic E-state index is -1.50. The van der Waals surface area contributed by atoms with Gasteiger partial charge in [0.05, 0.1) is 26.1 Å². The highest BCUT2D eigenvalue weighted by Gasteiger charge is 2.68. The third-order valence-electron chi connectivity index (χ3n) is 8.83. The maximum atomic E-state index is 14.1. The predicted molar refractivity (Wildman–Crippen MR) is 150 cm³/mol. The molecule has 5 nitrogen and oxygen atoms in total. The first-order chi connectivity index (χ1) is 16.5. The lowest BCUT2D eigenvalue weighted by Crippen LogP contribution is -2.44. The number of rotatable bonds is 8. The van der Waals surface area contributed by atoms with E-state index in [1.165, 1.54) is 12.8 Å². The number of fused-ring (bicyclic) bond motifs is 2. The number of hydrogen-bond donors (Lipinski definition) is 0. The molecular weight excluding hydrogens is 526 g/mol. The van der Waals surface area contributed by atoms with Gasteiger partial charge in [-0.3, -0.25) is 9.69 Å². The van der Waals surface area contributed by atoms with E-state index in [4.69, 9.17) is 14.2 Å². The van der Waals surface area contributed by atoms with Gasteiger partial charge >= 0.3 is 0 Å². The zero-order valence-electron chi connectivity index (χ0n) is 21.8. The molecule has 2 bridgehead atoms. The summed E-state index contributed by atoms with van der Waals surface area (Å²) in [7, 11) is 3.62. The average Bonchev–Trinajstić information content (AvgIpc) is 3.17. The van der Waals surface area contributed by atoms with Gasteiger partial charge in [0.2, 0.25) is 5.91 Å². The van der Waals surface area contributed by atoms with Gasteiger partial charge in [-0.2, -0.15) is 8.46 Å². The summed E-state index contributed by atoms with van der Waals surface area (Å²) in [6, 6.07) is 15.3. The van der Waals surface area contributed by atoms with Crippen LogP contribution in [-0.2, 0) is 9.53 Å². The summed E-state index contributed by atoms with van der Waals surface area (Å²) in [4.78, 5) is 15.9. The molecule has 0 heterocycles. The van der Waals surface area contributed by atoms with Crippen LogP contribution in [0.15, 0.2) is 48.5 Å². The highest BCUT2D eigenvalue weighted by molar-refractivity contribution is 9.58. The van der Waals surface area contributed by atoms with Crippen LogP contribution in [0, 0.1) is 16.7 Å². The Morgan fingerprint density at radius 1 is 0.971 bits per heavy atom. The molecule has 1 unspecified atom stereocenters. The van der Waals surface area contributed by atoms with Gasteiger partial charge in [0.25, 0.3) is 0 Å². The zero-order chi connectivity index (χ0) is 25.6. The van der Waals surface area contributed by atoms with Crippen LogP contribution in [0.2, 0.25) is 0 Å². The maximum Gasteiger partial charge on any atom is 0.240 e. The second-order valence-electron chi connectivity index (χ2n) is 10.7. The fourth-order valence-corrected chi connectivity index (χ4v) is 11.4. The van der Waals surface area contributed by atoms with Crippen molar-refractivity contribution in [3.05, 3.63) is 48.5 Å². The van der Waals surface area contributed by atoms with Crippen LogP contribution in [0.1, 0.15) is 33.6 Å². The standard InChI is InChI=1S/C28H38BrNO4S/c1-27(2)23-16-17-28(27,3)26(34-6)25(23)35(7,29)18-24(31)30(19-8-12-21(32-4)13-9-19)20-10-14-22(33-5)15-11-20/h8-15,23,25-26H,16-18H2,1-7H3/t23-,25-,26-,28+/m1/s1. The molecule has 2 aliphatic carbocycles. The Bertz CT molecular complexity index is 1010. The summed E-state index contributed by atoms with van der Waals surface area (Å²) in [6.07, 6.45) is 4.76. The minimum Gasteiger partial charge on any atom is -0.497 e. The van der Waals surface area contributed by atoms with Gasteiger partial charge in [0.1, 0.15) is 11.5 Å². The van der Waals surface area contributed by atoms with Crippen LogP contribution < -0.4 is 14.4 Å². The smallest absolute Gasteiger partial charge is 0.240 e. The van der Waals surface area contributed by atoms with Gasteiger partial charge in [-0.25, -0.2) is 0 Å². The number of amides is 1. The average molecular weight is 565 g/mol. The summed E-state index contributed by atoms with van der Waals surface area (Å²) in [5, 5.41) is 0.318. The largest absolute Gasteiger partial charge is 0.497 e. The third kappa shape index (κ3) is 4.38. The molecule has 0 N–H and O–H groups in total. The van der Waals surface area contributed by atoms with Gasteiger partial charge in [-0.05, 0) is 93.8 Å². The van der Waals surface area contributed by atoms with Gasteiger partial charge in [-0.1, -0.05) is 20.8 Å². The molecule has 2 aliphatic rings. The second kappa shape index (κ2) is 9.64. The molecule has 2 aromatic carbocycles. The molecule has 5 atom stereocenters. The monoisotopic (exact) mass is 563 g/mol. The van der Waals surface area contributed by atoms with E-state index >= 15 is 0 Å². The lowest BCUT2D eigenvalue weighted by molar-refractivity contribution is -0.115. The Morgan fingerprint density at radius 3 is 1.89 bits per heavy atom. The molecule has 0 radical (unpaired) electrons. The molecule has 0 spiro atoms. The number of methoxy groups -OCH3 is 3. The van der Waals surface area contributed by atoms with E-state index in [-0.39, 0.29) is 22.8 Å². The molecule has 0 aliphatic heterocycles. The van der Waals surface area contributed by atoms with Gasteiger partial charge in [-0.15, -0.1) is 0 Å². The number of halogens is 1. The van der Waals surface area contributed by atoms with Crippen molar-refractivity contribution in [2.24, 2.45) is 16.7 Å². The molecular formula is C28H38BrNO4S. The normalized spacial score (nSPS) is 29.3. The van der Waals surface area contributed by atoms with Crippen LogP contribution in [0.25, 0.3) is 0 Å². The molecule has 4 rings (SSSR count). The van der Waals surface area contributed by atoms with Crippen molar-refractivity contribution < 1.29 is 19.0 Å². The number of nitrogens with zero attached hydrogens (tertiary/aromatic N) is 1. The quantitative estimate of drug-likeness (QED) is 0.348. The van der Waals surface area contributed by atoms with Crippen molar-refractivity contribution in [3.63, 3.8) is 0 Å².